The third-order valence-electron chi connectivity index (χ3n) is 8.02. The summed E-state index contributed by atoms with van der Waals surface area (Å²) in [5.74, 6) is 0. The molecule has 1 aliphatic heterocycles. The van der Waals surface area contributed by atoms with Crippen LogP contribution < -0.4 is 0 Å². The monoisotopic (exact) mass is 573 g/mol. The van der Waals surface area contributed by atoms with E-state index < -0.39 is 0 Å². The Kier molecular flexibility index (Phi) is 5.37. The fraction of sp³-hybridized carbons (Fsp3) is 0. The fourth-order valence-corrected chi connectivity index (χ4v) is 8.44. The largest absolute Gasteiger partial charge is 0.309 e. The maximum atomic E-state index is 4.83. The molecule has 0 unspecified atom stereocenters. The first-order valence-electron chi connectivity index (χ1n) is 14.0. The Labute approximate surface area is 251 Å². The van der Waals surface area contributed by atoms with Crippen molar-refractivity contribution in [2.24, 2.45) is 0 Å². The number of aromatic nitrogens is 3. The summed E-state index contributed by atoms with van der Waals surface area (Å²) in [6.45, 7) is 0. The zero-order valence-electron chi connectivity index (χ0n) is 22.4. The lowest BCUT2D eigenvalue weighted by molar-refractivity contribution is 1.15. The summed E-state index contributed by atoms with van der Waals surface area (Å²) < 4.78 is 4.48. The molecule has 0 aliphatic carbocycles. The molecule has 0 bridgehead atoms. The number of benzene rings is 5. The molecule has 0 saturated carbocycles. The second-order valence-electron chi connectivity index (χ2n) is 10.5. The van der Waals surface area contributed by atoms with Gasteiger partial charge < -0.3 is 8.97 Å². The summed E-state index contributed by atoms with van der Waals surface area (Å²) in [4.78, 5) is 10.1. The standard InChI is InChI=1S/C37H23N3S2/c1-2-8-24(9-3-1)26-15-18-30-28(22-26)36-31(19-20-34-37(36)42-33-11-5-4-10-32(33)41-34)40(30)27-16-13-25(14-17-27)29-23-39-21-7-6-12-35(39)38-29/h1-23H. The molecule has 9 rings (SSSR count). The number of rotatable bonds is 3. The highest BCUT2D eigenvalue weighted by Gasteiger charge is 2.24. The third kappa shape index (κ3) is 3.74. The first-order chi connectivity index (χ1) is 20.8. The van der Waals surface area contributed by atoms with E-state index in [1.54, 1.807) is 0 Å². The normalized spacial score (nSPS) is 12.6. The van der Waals surface area contributed by atoms with Gasteiger partial charge in [-0.15, -0.1) is 0 Å². The van der Waals surface area contributed by atoms with Crippen LogP contribution in [0.2, 0.25) is 0 Å². The lowest BCUT2D eigenvalue weighted by Gasteiger charge is -2.19. The summed E-state index contributed by atoms with van der Waals surface area (Å²) in [7, 11) is 0. The van der Waals surface area contributed by atoms with Gasteiger partial charge >= 0.3 is 0 Å². The van der Waals surface area contributed by atoms with Crippen LogP contribution in [0, 0.1) is 0 Å². The predicted molar refractivity (Wildman–Crippen MR) is 175 cm³/mol. The molecule has 8 aromatic rings. The summed E-state index contributed by atoms with van der Waals surface area (Å²) in [6, 6.07) is 45.8. The molecule has 0 spiro atoms. The van der Waals surface area contributed by atoms with Crippen LogP contribution in [0.25, 0.3) is 55.5 Å². The average Bonchev–Trinajstić information content (AvgIpc) is 3.64. The fourth-order valence-electron chi connectivity index (χ4n) is 6.03. The lowest BCUT2D eigenvalue weighted by atomic mass is 10.0. The van der Waals surface area contributed by atoms with E-state index in [0.29, 0.717) is 0 Å². The minimum absolute atomic E-state index is 0.954. The quantitative estimate of drug-likeness (QED) is 0.210. The molecule has 198 valence electrons. The number of imidazole rings is 1. The predicted octanol–water partition coefficient (Wildman–Crippen LogP) is 10.4. The average molecular weight is 574 g/mol. The molecular weight excluding hydrogens is 551 g/mol. The van der Waals surface area contributed by atoms with Gasteiger partial charge in [0.2, 0.25) is 0 Å². The van der Waals surface area contributed by atoms with Gasteiger partial charge in [-0.1, -0.05) is 90.3 Å². The van der Waals surface area contributed by atoms with Crippen LogP contribution in [0.15, 0.2) is 159 Å². The van der Waals surface area contributed by atoms with Crippen LogP contribution in [-0.2, 0) is 0 Å². The van der Waals surface area contributed by atoms with Gasteiger partial charge in [0.15, 0.2) is 0 Å². The van der Waals surface area contributed by atoms with Crippen molar-refractivity contribution in [3.8, 4) is 28.1 Å². The van der Waals surface area contributed by atoms with Gasteiger partial charge in [-0.25, -0.2) is 4.98 Å². The number of hydrogen-bond acceptors (Lipinski definition) is 3. The molecular formula is C37H23N3S2. The Balaban J connectivity index is 1.25. The Morgan fingerprint density at radius 2 is 1.29 bits per heavy atom. The molecule has 0 atom stereocenters. The number of fused-ring (bicyclic) bond motifs is 7. The summed E-state index contributed by atoms with van der Waals surface area (Å²) in [5.41, 5.74) is 9.08. The minimum atomic E-state index is 0.954. The molecule has 3 nitrogen and oxygen atoms in total. The van der Waals surface area contributed by atoms with Crippen LogP contribution in [-0.4, -0.2) is 14.0 Å². The SMILES string of the molecule is c1ccc(-c2ccc3c(c2)c2c4c(ccc2n3-c2ccc(-c3cn5ccccc5n3)cc2)Sc2ccccc2S4)cc1. The maximum absolute atomic E-state index is 4.83. The van der Waals surface area contributed by atoms with Crippen LogP contribution in [0.5, 0.6) is 0 Å². The molecule has 3 aromatic heterocycles. The van der Waals surface area contributed by atoms with E-state index in [2.05, 4.69) is 124 Å². The van der Waals surface area contributed by atoms with Gasteiger partial charge in [-0.2, -0.15) is 0 Å². The lowest BCUT2D eigenvalue weighted by Crippen LogP contribution is -1.95. The van der Waals surface area contributed by atoms with Gasteiger partial charge in [0, 0.05) is 54.0 Å². The van der Waals surface area contributed by atoms with E-state index in [-0.39, 0.29) is 0 Å². The Morgan fingerprint density at radius 3 is 2.12 bits per heavy atom. The molecule has 0 saturated heterocycles. The second kappa shape index (κ2) is 9.41. The summed E-state index contributed by atoms with van der Waals surface area (Å²) in [5, 5.41) is 2.59. The van der Waals surface area contributed by atoms with Crippen molar-refractivity contribution in [1.29, 1.82) is 0 Å². The van der Waals surface area contributed by atoms with Gasteiger partial charge in [-0.3, -0.25) is 0 Å². The van der Waals surface area contributed by atoms with E-state index in [9.17, 15) is 0 Å². The van der Waals surface area contributed by atoms with E-state index in [1.807, 2.05) is 47.9 Å². The van der Waals surface area contributed by atoms with E-state index in [4.69, 9.17) is 4.98 Å². The molecule has 1 aliphatic rings. The summed E-state index contributed by atoms with van der Waals surface area (Å²) in [6.07, 6.45) is 4.13. The first kappa shape index (κ1) is 23.9. The second-order valence-corrected chi connectivity index (χ2v) is 12.6. The first-order valence-corrected chi connectivity index (χ1v) is 15.6. The van der Waals surface area contributed by atoms with Gasteiger partial charge in [0.05, 0.1) is 16.7 Å². The van der Waals surface area contributed by atoms with Crippen molar-refractivity contribution in [3.05, 3.63) is 140 Å². The van der Waals surface area contributed by atoms with Gasteiger partial charge in [-0.05, 0) is 71.8 Å². The number of pyridine rings is 1. The van der Waals surface area contributed by atoms with Crippen molar-refractivity contribution in [3.63, 3.8) is 0 Å². The highest BCUT2D eigenvalue weighted by Crippen LogP contribution is 2.53. The van der Waals surface area contributed by atoms with E-state index >= 15 is 0 Å². The summed E-state index contributed by atoms with van der Waals surface area (Å²) >= 11 is 3.77. The van der Waals surface area contributed by atoms with Gasteiger partial charge in [0.25, 0.3) is 0 Å². The third-order valence-corrected chi connectivity index (χ3v) is 10.6. The Bertz CT molecular complexity index is 2260. The smallest absolute Gasteiger partial charge is 0.137 e. The van der Waals surface area contributed by atoms with Crippen molar-refractivity contribution < 1.29 is 0 Å². The molecule has 4 heterocycles. The van der Waals surface area contributed by atoms with Crippen LogP contribution in [0.3, 0.4) is 0 Å². The van der Waals surface area contributed by atoms with Crippen LogP contribution >= 0.6 is 23.5 Å². The Hall–Kier alpha value is -4.71. The minimum Gasteiger partial charge on any atom is -0.309 e. The molecule has 0 N–H and O–H groups in total. The van der Waals surface area contributed by atoms with Crippen LogP contribution in [0.1, 0.15) is 0 Å². The van der Waals surface area contributed by atoms with E-state index in [1.165, 1.54) is 52.5 Å². The molecule has 42 heavy (non-hydrogen) atoms. The van der Waals surface area contributed by atoms with Crippen LogP contribution in [0.4, 0.5) is 0 Å². The molecule has 0 fully saturated rings. The van der Waals surface area contributed by atoms with Crippen molar-refractivity contribution in [1.82, 2.24) is 14.0 Å². The van der Waals surface area contributed by atoms with Gasteiger partial charge in [0.1, 0.15) is 5.65 Å². The van der Waals surface area contributed by atoms with Crippen molar-refractivity contribution >= 4 is 51.0 Å². The maximum Gasteiger partial charge on any atom is 0.137 e. The highest BCUT2D eigenvalue weighted by molar-refractivity contribution is 8.05. The molecule has 0 radical (unpaired) electrons. The number of hydrogen-bond donors (Lipinski definition) is 0. The highest BCUT2D eigenvalue weighted by atomic mass is 32.2. The van der Waals surface area contributed by atoms with E-state index in [0.717, 1.165) is 22.6 Å². The topological polar surface area (TPSA) is 22.2 Å². The zero-order valence-corrected chi connectivity index (χ0v) is 24.1. The molecule has 5 heteroatoms. The molecule has 5 aromatic carbocycles. The Morgan fingerprint density at radius 1 is 0.548 bits per heavy atom. The molecule has 0 amide bonds. The van der Waals surface area contributed by atoms with Crippen molar-refractivity contribution in [2.45, 2.75) is 19.6 Å². The zero-order chi connectivity index (χ0) is 27.6. The van der Waals surface area contributed by atoms with Crippen molar-refractivity contribution in [2.75, 3.05) is 0 Å². The number of nitrogens with zero attached hydrogens (tertiary/aromatic N) is 3.